The van der Waals surface area contributed by atoms with E-state index in [2.05, 4.69) is 10.3 Å². The summed E-state index contributed by atoms with van der Waals surface area (Å²) in [6.07, 6.45) is 1.17. The molecule has 10 heteroatoms. The van der Waals surface area contributed by atoms with E-state index < -0.39 is 34.6 Å². The van der Waals surface area contributed by atoms with E-state index in [1.54, 1.807) is 0 Å². The minimum atomic E-state index is -1.41. The zero-order chi connectivity index (χ0) is 23.6. The van der Waals surface area contributed by atoms with Gasteiger partial charge in [0.1, 0.15) is 22.8 Å². The van der Waals surface area contributed by atoms with Crippen LogP contribution in [0.3, 0.4) is 0 Å². The Morgan fingerprint density at radius 2 is 2.00 bits per heavy atom. The molecule has 0 saturated carbocycles. The first-order valence-corrected chi connectivity index (χ1v) is 9.83. The lowest BCUT2D eigenvalue weighted by Crippen LogP contribution is -2.26. The van der Waals surface area contributed by atoms with Gasteiger partial charge in [0.25, 0.3) is 0 Å². The number of aromatic carboxylic acids is 1. The van der Waals surface area contributed by atoms with E-state index in [1.165, 1.54) is 30.0 Å². The molecule has 1 atom stereocenters. The molecule has 32 heavy (non-hydrogen) atoms. The summed E-state index contributed by atoms with van der Waals surface area (Å²) in [6, 6.07) is 3.99. The first-order valence-electron chi connectivity index (χ1n) is 9.83. The molecular formula is C22H23F2N3O5. The van der Waals surface area contributed by atoms with E-state index in [0.29, 0.717) is 0 Å². The smallest absolute Gasteiger partial charge is 0.341 e. The molecule has 1 aromatic carbocycles. The van der Waals surface area contributed by atoms with Crippen LogP contribution in [0.15, 0.2) is 35.3 Å². The van der Waals surface area contributed by atoms with Gasteiger partial charge in [-0.05, 0) is 18.1 Å². The molecule has 0 saturated heterocycles. The molecule has 0 radical (unpaired) electrons. The van der Waals surface area contributed by atoms with Crippen molar-refractivity contribution in [2.24, 2.45) is 5.92 Å². The molecular weight excluding hydrogens is 424 g/mol. The van der Waals surface area contributed by atoms with E-state index in [0.717, 1.165) is 12.1 Å². The van der Waals surface area contributed by atoms with Gasteiger partial charge in [-0.3, -0.25) is 4.79 Å². The normalized spacial score (nSPS) is 12.2. The monoisotopic (exact) mass is 447 g/mol. The molecule has 2 aromatic heterocycles. The third kappa shape index (κ3) is 4.40. The maximum atomic E-state index is 14.0. The number of carboxylic acids is 1. The third-order valence-electron chi connectivity index (χ3n) is 5.19. The Balaban J connectivity index is 2.18. The summed E-state index contributed by atoms with van der Waals surface area (Å²) >= 11 is 0. The molecule has 1 unspecified atom stereocenters. The molecule has 3 rings (SSSR count). The molecule has 170 valence electrons. The maximum absolute atomic E-state index is 14.0. The molecule has 0 aliphatic heterocycles. The van der Waals surface area contributed by atoms with Crippen LogP contribution < -0.4 is 15.5 Å². The number of benzene rings is 1. The molecule has 0 spiro atoms. The van der Waals surface area contributed by atoms with Gasteiger partial charge in [-0.15, -0.1) is 0 Å². The van der Waals surface area contributed by atoms with Gasteiger partial charge in [0.05, 0.1) is 30.8 Å². The number of ether oxygens (including phenoxy) is 1. The SMILES string of the molecule is COc1nc2c(cc1NCc1ccc(F)cc1F)c(=O)c(C(=O)O)cn2C(CO)C(C)C. The van der Waals surface area contributed by atoms with Crippen molar-refractivity contribution in [3.63, 3.8) is 0 Å². The number of hydrogen-bond acceptors (Lipinski definition) is 6. The Hall–Kier alpha value is -3.53. The fraction of sp³-hybridized carbons (Fsp3) is 0.318. The van der Waals surface area contributed by atoms with Crippen molar-refractivity contribution in [1.29, 1.82) is 0 Å². The van der Waals surface area contributed by atoms with Crippen molar-refractivity contribution in [3.05, 3.63) is 63.4 Å². The minimum Gasteiger partial charge on any atom is -0.479 e. The van der Waals surface area contributed by atoms with Crippen molar-refractivity contribution in [2.75, 3.05) is 19.0 Å². The number of hydrogen-bond donors (Lipinski definition) is 3. The number of pyridine rings is 2. The second-order valence-electron chi connectivity index (χ2n) is 7.58. The van der Waals surface area contributed by atoms with Crippen molar-refractivity contribution in [1.82, 2.24) is 9.55 Å². The van der Waals surface area contributed by atoms with Crippen LogP contribution in [-0.2, 0) is 6.54 Å². The first-order chi connectivity index (χ1) is 15.2. The average Bonchev–Trinajstić information content (AvgIpc) is 2.74. The largest absolute Gasteiger partial charge is 0.479 e. The van der Waals surface area contributed by atoms with Crippen molar-refractivity contribution in [2.45, 2.75) is 26.4 Å². The molecule has 2 heterocycles. The standard InChI is InChI=1S/C22H23F2N3O5/c1-11(2)18(10-28)27-9-15(22(30)31)19(29)14-7-17(21(32-3)26-20(14)27)25-8-12-4-5-13(23)6-16(12)24/h4-7,9,11,18,25,28H,8,10H2,1-3H3,(H,30,31). The Morgan fingerprint density at radius 1 is 1.28 bits per heavy atom. The number of anilines is 1. The summed E-state index contributed by atoms with van der Waals surface area (Å²) in [5.74, 6) is -2.88. The van der Waals surface area contributed by atoms with Crippen molar-refractivity contribution in [3.8, 4) is 5.88 Å². The molecule has 3 aromatic rings. The van der Waals surface area contributed by atoms with Crippen LogP contribution in [0.1, 0.15) is 35.8 Å². The Kier molecular flexibility index (Phi) is 6.73. The highest BCUT2D eigenvalue weighted by molar-refractivity contribution is 5.93. The predicted octanol–water partition coefficient (Wildman–Crippen LogP) is 3.18. The Morgan fingerprint density at radius 3 is 2.56 bits per heavy atom. The number of methoxy groups -OCH3 is 1. The molecule has 0 fully saturated rings. The van der Waals surface area contributed by atoms with Gasteiger partial charge in [0, 0.05) is 24.4 Å². The molecule has 0 bridgehead atoms. The number of nitrogens with zero attached hydrogens (tertiary/aromatic N) is 2. The third-order valence-corrected chi connectivity index (χ3v) is 5.19. The fourth-order valence-corrected chi connectivity index (χ4v) is 3.42. The Labute approximate surface area is 182 Å². The van der Waals surface area contributed by atoms with Gasteiger partial charge >= 0.3 is 5.97 Å². The van der Waals surface area contributed by atoms with E-state index in [9.17, 15) is 28.6 Å². The summed E-state index contributed by atoms with van der Waals surface area (Å²) < 4.78 is 33.9. The molecule has 3 N–H and O–H groups in total. The zero-order valence-electron chi connectivity index (χ0n) is 17.7. The molecule has 0 aliphatic rings. The van der Waals surface area contributed by atoms with Crippen molar-refractivity contribution < 1.29 is 28.5 Å². The summed E-state index contributed by atoms with van der Waals surface area (Å²) in [6.45, 7) is 3.32. The van der Waals surface area contributed by atoms with Crippen LogP contribution in [-0.4, -0.2) is 39.5 Å². The lowest BCUT2D eigenvalue weighted by molar-refractivity contribution is 0.0694. The van der Waals surface area contributed by atoms with Gasteiger partial charge in [0.2, 0.25) is 11.3 Å². The quantitative estimate of drug-likeness (QED) is 0.486. The lowest BCUT2D eigenvalue weighted by Gasteiger charge is -2.24. The second-order valence-corrected chi connectivity index (χ2v) is 7.58. The summed E-state index contributed by atoms with van der Waals surface area (Å²) in [5.41, 5.74) is -0.692. The summed E-state index contributed by atoms with van der Waals surface area (Å²) in [7, 11) is 1.36. The summed E-state index contributed by atoms with van der Waals surface area (Å²) in [5, 5.41) is 22.3. The number of carbonyl (C=O) groups is 1. The molecule has 0 amide bonds. The number of aliphatic hydroxyl groups is 1. The van der Waals surface area contributed by atoms with E-state index in [-0.39, 0.29) is 47.2 Å². The van der Waals surface area contributed by atoms with Crippen molar-refractivity contribution >= 4 is 22.7 Å². The van der Waals surface area contributed by atoms with Gasteiger partial charge in [-0.1, -0.05) is 19.9 Å². The number of halogens is 2. The highest BCUT2D eigenvalue weighted by atomic mass is 19.1. The summed E-state index contributed by atoms with van der Waals surface area (Å²) in [4.78, 5) is 28.9. The topological polar surface area (TPSA) is 114 Å². The van der Waals surface area contributed by atoms with Gasteiger partial charge < -0.3 is 24.8 Å². The highest BCUT2D eigenvalue weighted by Gasteiger charge is 2.23. The lowest BCUT2D eigenvalue weighted by atomic mass is 10.0. The highest BCUT2D eigenvalue weighted by Crippen LogP contribution is 2.29. The predicted molar refractivity (Wildman–Crippen MR) is 114 cm³/mol. The van der Waals surface area contributed by atoms with Crippen LogP contribution >= 0.6 is 0 Å². The minimum absolute atomic E-state index is 0.00752. The number of carboxylic acid groups (broad SMARTS) is 1. The van der Waals surface area contributed by atoms with E-state index in [4.69, 9.17) is 4.74 Å². The zero-order valence-corrected chi connectivity index (χ0v) is 17.7. The molecule has 0 aliphatic carbocycles. The number of rotatable bonds is 8. The number of fused-ring (bicyclic) bond motifs is 1. The second kappa shape index (κ2) is 9.31. The molecule has 8 nitrogen and oxygen atoms in total. The van der Waals surface area contributed by atoms with Crippen LogP contribution in [0.25, 0.3) is 11.0 Å². The average molecular weight is 447 g/mol. The van der Waals surface area contributed by atoms with Gasteiger partial charge in [0.15, 0.2) is 0 Å². The maximum Gasteiger partial charge on any atom is 0.341 e. The van der Waals surface area contributed by atoms with Crippen LogP contribution in [0.4, 0.5) is 14.5 Å². The van der Waals surface area contributed by atoms with Gasteiger partial charge in [-0.2, -0.15) is 4.98 Å². The first kappa shape index (κ1) is 23.1. The Bertz CT molecular complexity index is 1230. The van der Waals surface area contributed by atoms with Gasteiger partial charge in [-0.25, -0.2) is 13.6 Å². The fourth-order valence-electron chi connectivity index (χ4n) is 3.42. The van der Waals surface area contributed by atoms with Crippen LogP contribution in [0.5, 0.6) is 5.88 Å². The van der Waals surface area contributed by atoms with Crippen LogP contribution in [0, 0.1) is 17.6 Å². The number of aromatic nitrogens is 2. The van der Waals surface area contributed by atoms with E-state index in [1.807, 2.05) is 13.8 Å². The number of nitrogens with one attached hydrogen (secondary N) is 1. The number of aliphatic hydroxyl groups excluding tert-OH is 1. The van der Waals surface area contributed by atoms with Crippen LogP contribution in [0.2, 0.25) is 0 Å². The van der Waals surface area contributed by atoms with E-state index >= 15 is 0 Å².